The maximum absolute atomic E-state index is 10.5. The Labute approximate surface area is 156 Å². The predicted molar refractivity (Wildman–Crippen MR) is 99.8 cm³/mol. The third-order valence-corrected chi connectivity index (χ3v) is 4.55. The highest BCUT2D eigenvalue weighted by Gasteiger charge is 2.36. The normalized spacial score (nSPS) is 25.9. The summed E-state index contributed by atoms with van der Waals surface area (Å²) in [7, 11) is 0. The van der Waals surface area contributed by atoms with Gasteiger partial charge >= 0.3 is 5.97 Å². The summed E-state index contributed by atoms with van der Waals surface area (Å²) in [5.41, 5.74) is 0. The molecule has 0 bridgehead atoms. The van der Waals surface area contributed by atoms with Crippen LogP contribution in [0.1, 0.15) is 64.7 Å². The van der Waals surface area contributed by atoms with E-state index >= 15 is 0 Å². The van der Waals surface area contributed by atoms with Crippen molar-refractivity contribution in [3.05, 3.63) is 24.3 Å². The van der Waals surface area contributed by atoms with Gasteiger partial charge in [-0.3, -0.25) is 4.79 Å². The van der Waals surface area contributed by atoms with Crippen molar-refractivity contribution < 1.29 is 30.0 Å². The zero-order valence-electron chi connectivity index (χ0n) is 15.7. The van der Waals surface area contributed by atoms with E-state index in [9.17, 15) is 20.1 Å². The van der Waals surface area contributed by atoms with E-state index in [1.165, 1.54) is 12.8 Å². The van der Waals surface area contributed by atoms with Crippen molar-refractivity contribution in [3.63, 3.8) is 0 Å². The number of rotatable bonds is 13. The minimum atomic E-state index is -0.890. The summed E-state index contributed by atoms with van der Waals surface area (Å²) < 4.78 is 5.65. The lowest BCUT2D eigenvalue weighted by Gasteiger charge is -2.17. The van der Waals surface area contributed by atoms with E-state index in [2.05, 4.69) is 13.0 Å². The summed E-state index contributed by atoms with van der Waals surface area (Å²) in [6.45, 7) is 2.16. The van der Waals surface area contributed by atoms with Crippen molar-refractivity contribution in [2.45, 2.75) is 95.2 Å². The highest BCUT2D eigenvalue weighted by Crippen LogP contribution is 2.26. The maximum Gasteiger partial charge on any atom is 0.303 e. The Morgan fingerprint density at radius 1 is 1.23 bits per heavy atom. The van der Waals surface area contributed by atoms with Crippen molar-refractivity contribution >= 4 is 5.97 Å². The Kier molecular flexibility index (Phi) is 11.4. The van der Waals surface area contributed by atoms with Gasteiger partial charge < -0.3 is 25.2 Å². The third kappa shape index (κ3) is 9.48. The summed E-state index contributed by atoms with van der Waals surface area (Å²) >= 11 is 0. The number of carboxylic acid groups (broad SMARTS) is 1. The molecule has 1 fully saturated rings. The second kappa shape index (κ2) is 13.0. The molecule has 26 heavy (non-hydrogen) atoms. The summed E-state index contributed by atoms with van der Waals surface area (Å²) in [5.74, 6) is -0.890. The molecule has 0 spiro atoms. The average Bonchev–Trinajstić information content (AvgIpc) is 2.96. The largest absolute Gasteiger partial charge is 0.481 e. The van der Waals surface area contributed by atoms with Gasteiger partial charge in [0.05, 0.1) is 24.4 Å². The standard InChI is InChI=1S/C20H34O6/c1-2-3-4-5-6-7-9-15(21)12-13-18-17(23)14-19(26-18)16(22)10-8-11-20(24)25/h6-7,12-13,15-19,21-23H,2-5,8-11,14H2,1H3,(H,24,25)/b7-6-,13-12+/t15-,16+,17-,18+,19+/m1/s1. The molecule has 0 aromatic heterocycles. The van der Waals surface area contributed by atoms with Crippen LogP contribution in [-0.2, 0) is 9.53 Å². The van der Waals surface area contributed by atoms with Gasteiger partial charge in [0.25, 0.3) is 0 Å². The summed E-state index contributed by atoms with van der Waals surface area (Å²) in [6.07, 6.45) is 10.2. The van der Waals surface area contributed by atoms with Crippen LogP contribution in [0.3, 0.4) is 0 Å². The fourth-order valence-electron chi connectivity index (χ4n) is 2.97. The van der Waals surface area contributed by atoms with Crippen molar-refractivity contribution in [1.82, 2.24) is 0 Å². The maximum atomic E-state index is 10.5. The van der Waals surface area contributed by atoms with Crippen LogP contribution in [0.4, 0.5) is 0 Å². The monoisotopic (exact) mass is 370 g/mol. The average molecular weight is 370 g/mol. The topological polar surface area (TPSA) is 107 Å². The van der Waals surface area contributed by atoms with E-state index < -0.39 is 36.5 Å². The van der Waals surface area contributed by atoms with Gasteiger partial charge in [-0.2, -0.15) is 0 Å². The number of aliphatic hydroxyl groups is 3. The molecule has 1 saturated heterocycles. The number of ether oxygens (including phenoxy) is 1. The van der Waals surface area contributed by atoms with Crippen LogP contribution < -0.4 is 0 Å². The quantitative estimate of drug-likeness (QED) is 0.293. The lowest BCUT2D eigenvalue weighted by molar-refractivity contribution is -0.137. The highest BCUT2D eigenvalue weighted by molar-refractivity contribution is 5.66. The molecule has 0 unspecified atom stereocenters. The number of unbranched alkanes of at least 4 members (excludes halogenated alkanes) is 3. The Bertz CT molecular complexity index is 448. The lowest BCUT2D eigenvalue weighted by Crippen LogP contribution is -2.26. The van der Waals surface area contributed by atoms with Crippen molar-refractivity contribution in [1.29, 1.82) is 0 Å². The number of allylic oxidation sites excluding steroid dienone is 1. The molecule has 0 aromatic rings. The smallest absolute Gasteiger partial charge is 0.303 e. The zero-order valence-corrected chi connectivity index (χ0v) is 15.7. The van der Waals surface area contributed by atoms with Gasteiger partial charge in [-0.05, 0) is 32.1 Å². The lowest BCUT2D eigenvalue weighted by atomic mass is 10.0. The van der Waals surface area contributed by atoms with Crippen LogP contribution >= 0.6 is 0 Å². The van der Waals surface area contributed by atoms with Crippen LogP contribution in [0, 0.1) is 0 Å². The van der Waals surface area contributed by atoms with E-state index in [0.717, 1.165) is 12.8 Å². The Morgan fingerprint density at radius 2 is 2.00 bits per heavy atom. The Balaban J connectivity index is 2.31. The minimum Gasteiger partial charge on any atom is -0.481 e. The molecule has 5 atom stereocenters. The first-order valence-electron chi connectivity index (χ1n) is 9.68. The number of carboxylic acids is 1. The van der Waals surface area contributed by atoms with Crippen molar-refractivity contribution in [3.8, 4) is 0 Å². The summed E-state index contributed by atoms with van der Waals surface area (Å²) in [4.78, 5) is 10.5. The highest BCUT2D eigenvalue weighted by atomic mass is 16.5. The molecule has 150 valence electrons. The molecular weight excluding hydrogens is 336 g/mol. The molecular formula is C20H34O6. The molecule has 0 radical (unpaired) electrons. The molecule has 4 N–H and O–H groups in total. The Hall–Kier alpha value is -1.21. The van der Waals surface area contributed by atoms with Gasteiger partial charge in [0.15, 0.2) is 0 Å². The number of hydrogen-bond donors (Lipinski definition) is 4. The van der Waals surface area contributed by atoms with Gasteiger partial charge in [-0.1, -0.05) is 44.1 Å². The fraction of sp³-hybridized carbons (Fsp3) is 0.750. The van der Waals surface area contributed by atoms with E-state index in [-0.39, 0.29) is 6.42 Å². The molecule has 1 heterocycles. The van der Waals surface area contributed by atoms with E-state index in [1.54, 1.807) is 12.2 Å². The first-order chi connectivity index (χ1) is 12.4. The van der Waals surface area contributed by atoms with Crippen LogP contribution in [0.5, 0.6) is 0 Å². The van der Waals surface area contributed by atoms with Crippen molar-refractivity contribution in [2.75, 3.05) is 0 Å². The van der Waals surface area contributed by atoms with E-state index in [1.807, 2.05) is 6.08 Å². The number of aliphatic carboxylic acids is 1. The van der Waals surface area contributed by atoms with Gasteiger partial charge in [-0.15, -0.1) is 0 Å². The van der Waals surface area contributed by atoms with Crippen LogP contribution in [0.2, 0.25) is 0 Å². The van der Waals surface area contributed by atoms with Gasteiger partial charge in [0.1, 0.15) is 6.10 Å². The molecule has 6 nitrogen and oxygen atoms in total. The SMILES string of the molecule is CCCCC/C=C\C[C@@H](O)/C=C/[C@@H]1O[C@H]([C@@H](O)CCCC(=O)O)C[C@H]1O. The summed E-state index contributed by atoms with van der Waals surface area (Å²) in [5, 5.41) is 38.7. The van der Waals surface area contributed by atoms with Crippen LogP contribution in [0.15, 0.2) is 24.3 Å². The molecule has 1 aliphatic rings. The van der Waals surface area contributed by atoms with E-state index in [0.29, 0.717) is 25.7 Å². The first kappa shape index (κ1) is 22.8. The first-order valence-corrected chi connectivity index (χ1v) is 9.68. The summed E-state index contributed by atoms with van der Waals surface area (Å²) in [6, 6.07) is 0. The molecule has 0 saturated carbocycles. The molecule has 0 aliphatic carbocycles. The molecule has 1 rings (SSSR count). The molecule has 0 amide bonds. The fourth-order valence-corrected chi connectivity index (χ4v) is 2.97. The van der Waals surface area contributed by atoms with Gasteiger partial charge in [-0.25, -0.2) is 0 Å². The predicted octanol–water partition coefficient (Wildman–Crippen LogP) is 2.56. The van der Waals surface area contributed by atoms with Gasteiger partial charge in [0, 0.05) is 12.8 Å². The Morgan fingerprint density at radius 3 is 2.69 bits per heavy atom. The molecule has 6 heteroatoms. The van der Waals surface area contributed by atoms with Gasteiger partial charge in [0.2, 0.25) is 0 Å². The third-order valence-electron chi connectivity index (χ3n) is 4.55. The zero-order chi connectivity index (χ0) is 19.4. The molecule has 0 aromatic carbocycles. The second-order valence-electron chi connectivity index (χ2n) is 6.95. The minimum absolute atomic E-state index is 0.00776. The van der Waals surface area contributed by atoms with Crippen LogP contribution in [0.25, 0.3) is 0 Å². The van der Waals surface area contributed by atoms with Crippen molar-refractivity contribution in [2.24, 2.45) is 0 Å². The molecule has 1 aliphatic heterocycles. The second-order valence-corrected chi connectivity index (χ2v) is 6.95. The number of hydrogen-bond acceptors (Lipinski definition) is 5. The number of aliphatic hydroxyl groups excluding tert-OH is 3. The van der Waals surface area contributed by atoms with E-state index in [4.69, 9.17) is 9.84 Å². The van der Waals surface area contributed by atoms with Crippen LogP contribution in [-0.4, -0.2) is 56.9 Å². The number of carbonyl (C=O) groups is 1.